The molecule has 2 fully saturated rings. The summed E-state index contributed by atoms with van der Waals surface area (Å²) in [4.78, 5) is 2.62. The van der Waals surface area contributed by atoms with Crippen molar-refractivity contribution in [2.45, 2.75) is 39.3 Å². The number of hydrogen-bond acceptors (Lipinski definition) is 3. The molecule has 2 atom stereocenters. The van der Waals surface area contributed by atoms with Crippen LogP contribution in [0.15, 0.2) is 12.1 Å². The fourth-order valence-corrected chi connectivity index (χ4v) is 3.73. The molecule has 0 aromatic heterocycles. The molecule has 2 N–H and O–H groups in total. The third kappa shape index (κ3) is 2.49. The zero-order chi connectivity index (χ0) is 13.4. The van der Waals surface area contributed by atoms with Gasteiger partial charge < -0.3 is 10.4 Å². The van der Waals surface area contributed by atoms with Crippen molar-refractivity contribution in [3.63, 3.8) is 0 Å². The van der Waals surface area contributed by atoms with Gasteiger partial charge in [-0.1, -0.05) is 12.1 Å². The SMILES string of the molecule is Cc1cc(CN2CCCC3CNCC32)cc(C)c1O. The summed E-state index contributed by atoms with van der Waals surface area (Å²) in [6.45, 7) is 8.53. The van der Waals surface area contributed by atoms with Gasteiger partial charge in [0.2, 0.25) is 0 Å². The minimum atomic E-state index is 0.447. The molecule has 0 aliphatic carbocycles. The van der Waals surface area contributed by atoms with Gasteiger partial charge in [0, 0.05) is 19.1 Å². The Labute approximate surface area is 115 Å². The molecule has 2 saturated heterocycles. The van der Waals surface area contributed by atoms with Crippen LogP contribution in [0.5, 0.6) is 5.75 Å². The van der Waals surface area contributed by atoms with E-state index in [2.05, 4.69) is 22.3 Å². The number of phenols is 1. The average Bonchev–Trinajstić information content (AvgIpc) is 2.85. The number of rotatable bonds is 2. The van der Waals surface area contributed by atoms with Crippen LogP contribution < -0.4 is 5.32 Å². The van der Waals surface area contributed by atoms with Gasteiger partial charge in [0.15, 0.2) is 0 Å². The van der Waals surface area contributed by atoms with Gasteiger partial charge in [0.1, 0.15) is 5.75 Å². The summed E-state index contributed by atoms with van der Waals surface area (Å²) in [6.07, 6.45) is 2.70. The van der Waals surface area contributed by atoms with Gasteiger partial charge in [-0.2, -0.15) is 0 Å². The van der Waals surface area contributed by atoms with Gasteiger partial charge >= 0.3 is 0 Å². The number of fused-ring (bicyclic) bond motifs is 1. The average molecular weight is 260 g/mol. The molecule has 19 heavy (non-hydrogen) atoms. The van der Waals surface area contributed by atoms with Crippen LogP contribution >= 0.6 is 0 Å². The van der Waals surface area contributed by atoms with E-state index in [1.54, 1.807) is 0 Å². The molecule has 0 saturated carbocycles. The van der Waals surface area contributed by atoms with Crippen LogP contribution in [0.1, 0.15) is 29.5 Å². The van der Waals surface area contributed by atoms with Gasteiger partial charge in [0.25, 0.3) is 0 Å². The molecule has 1 aromatic rings. The summed E-state index contributed by atoms with van der Waals surface area (Å²) in [5, 5.41) is 13.4. The number of piperidine rings is 1. The van der Waals surface area contributed by atoms with Crippen LogP contribution in [0, 0.1) is 19.8 Å². The number of phenolic OH excluding ortho intramolecular Hbond substituents is 1. The number of aromatic hydroxyl groups is 1. The van der Waals surface area contributed by atoms with Crippen molar-refractivity contribution in [3.8, 4) is 5.75 Å². The van der Waals surface area contributed by atoms with E-state index in [0.717, 1.165) is 30.1 Å². The first-order valence-corrected chi connectivity index (χ1v) is 7.39. The second-order valence-corrected chi connectivity index (χ2v) is 6.18. The first-order valence-electron chi connectivity index (χ1n) is 7.39. The van der Waals surface area contributed by atoms with Gasteiger partial charge in [-0.15, -0.1) is 0 Å². The summed E-state index contributed by atoms with van der Waals surface area (Å²) >= 11 is 0. The molecule has 2 aliphatic heterocycles. The Morgan fingerprint density at radius 3 is 2.74 bits per heavy atom. The molecule has 104 valence electrons. The van der Waals surface area contributed by atoms with Crippen molar-refractivity contribution < 1.29 is 5.11 Å². The maximum atomic E-state index is 9.86. The lowest BCUT2D eigenvalue weighted by Crippen LogP contribution is -2.44. The van der Waals surface area contributed by atoms with Crippen molar-refractivity contribution in [3.05, 3.63) is 28.8 Å². The van der Waals surface area contributed by atoms with Crippen LogP contribution in [0.3, 0.4) is 0 Å². The van der Waals surface area contributed by atoms with E-state index in [0.29, 0.717) is 11.8 Å². The standard InChI is InChI=1S/C16H24N2O/c1-11-6-13(7-12(2)16(11)19)10-18-5-3-4-14-8-17-9-15(14)18/h6-7,14-15,17,19H,3-5,8-10H2,1-2H3. The number of nitrogens with one attached hydrogen (secondary N) is 1. The van der Waals surface area contributed by atoms with Crippen LogP contribution in [0.4, 0.5) is 0 Å². The highest BCUT2D eigenvalue weighted by atomic mass is 16.3. The van der Waals surface area contributed by atoms with Crippen molar-refractivity contribution in [2.75, 3.05) is 19.6 Å². The summed E-state index contributed by atoms with van der Waals surface area (Å²) < 4.78 is 0. The van der Waals surface area contributed by atoms with Crippen molar-refractivity contribution in [1.82, 2.24) is 10.2 Å². The van der Waals surface area contributed by atoms with E-state index in [1.807, 2.05) is 13.8 Å². The molecule has 3 nitrogen and oxygen atoms in total. The smallest absolute Gasteiger partial charge is 0.121 e. The third-order valence-electron chi connectivity index (χ3n) is 4.73. The first kappa shape index (κ1) is 12.9. The Morgan fingerprint density at radius 1 is 1.26 bits per heavy atom. The van der Waals surface area contributed by atoms with Crippen molar-refractivity contribution in [2.24, 2.45) is 5.92 Å². The molecule has 0 radical (unpaired) electrons. The molecule has 2 unspecified atom stereocenters. The molecular weight excluding hydrogens is 236 g/mol. The molecular formula is C16H24N2O. The maximum Gasteiger partial charge on any atom is 0.121 e. The summed E-state index contributed by atoms with van der Waals surface area (Å²) in [5.74, 6) is 1.29. The number of hydrogen-bond donors (Lipinski definition) is 2. The number of nitrogens with zero attached hydrogens (tertiary/aromatic N) is 1. The highest BCUT2D eigenvalue weighted by molar-refractivity contribution is 5.42. The third-order valence-corrected chi connectivity index (χ3v) is 4.73. The highest BCUT2D eigenvalue weighted by Gasteiger charge is 2.34. The zero-order valence-electron chi connectivity index (χ0n) is 11.9. The van der Waals surface area contributed by atoms with Crippen LogP contribution in [0.2, 0.25) is 0 Å². The predicted octanol–water partition coefficient (Wildman–Crippen LogP) is 2.19. The monoisotopic (exact) mass is 260 g/mol. The lowest BCUT2D eigenvalue weighted by Gasteiger charge is -2.37. The van der Waals surface area contributed by atoms with Crippen LogP contribution in [-0.4, -0.2) is 35.7 Å². The van der Waals surface area contributed by atoms with Gasteiger partial charge in [-0.05, 0) is 62.4 Å². The molecule has 3 rings (SSSR count). The molecule has 0 spiro atoms. The Bertz CT molecular complexity index is 449. The molecule has 0 bridgehead atoms. The lowest BCUT2D eigenvalue weighted by atomic mass is 9.91. The maximum absolute atomic E-state index is 9.86. The number of benzene rings is 1. The van der Waals surface area contributed by atoms with Gasteiger partial charge in [-0.25, -0.2) is 0 Å². The van der Waals surface area contributed by atoms with Crippen LogP contribution in [-0.2, 0) is 6.54 Å². The van der Waals surface area contributed by atoms with Gasteiger partial charge in [-0.3, -0.25) is 4.90 Å². The Balaban J connectivity index is 1.77. The summed E-state index contributed by atoms with van der Waals surface area (Å²) in [7, 11) is 0. The molecule has 2 aliphatic rings. The van der Waals surface area contributed by atoms with Gasteiger partial charge in [0.05, 0.1) is 0 Å². The van der Waals surface area contributed by atoms with E-state index < -0.39 is 0 Å². The normalized spacial score (nSPS) is 27.5. The van der Waals surface area contributed by atoms with E-state index >= 15 is 0 Å². The van der Waals surface area contributed by atoms with Crippen molar-refractivity contribution in [1.29, 1.82) is 0 Å². The Kier molecular flexibility index (Phi) is 3.50. The molecule has 1 aromatic carbocycles. The molecule has 0 amide bonds. The quantitative estimate of drug-likeness (QED) is 0.855. The minimum absolute atomic E-state index is 0.447. The zero-order valence-corrected chi connectivity index (χ0v) is 11.9. The van der Waals surface area contributed by atoms with Crippen molar-refractivity contribution >= 4 is 0 Å². The number of aryl methyl sites for hydroxylation is 2. The summed E-state index contributed by atoms with van der Waals surface area (Å²) in [5.41, 5.74) is 3.32. The summed E-state index contributed by atoms with van der Waals surface area (Å²) in [6, 6.07) is 4.98. The van der Waals surface area contributed by atoms with E-state index in [4.69, 9.17) is 0 Å². The predicted molar refractivity (Wildman–Crippen MR) is 77.4 cm³/mol. The highest BCUT2D eigenvalue weighted by Crippen LogP contribution is 2.29. The molecule has 3 heteroatoms. The van der Waals surface area contributed by atoms with E-state index in [-0.39, 0.29) is 0 Å². The van der Waals surface area contributed by atoms with E-state index in [1.165, 1.54) is 31.5 Å². The fraction of sp³-hybridized carbons (Fsp3) is 0.625. The largest absolute Gasteiger partial charge is 0.507 e. The topological polar surface area (TPSA) is 35.5 Å². The Hall–Kier alpha value is -1.06. The fourth-order valence-electron chi connectivity index (χ4n) is 3.73. The second-order valence-electron chi connectivity index (χ2n) is 6.18. The second kappa shape index (κ2) is 5.14. The Morgan fingerprint density at radius 2 is 2.00 bits per heavy atom. The lowest BCUT2D eigenvalue weighted by molar-refractivity contribution is 0.117. The van der Waals surface area contributed by atoms with Crippen LogP contribution in [0.25, 0.3) is 0 Å². The first-order chi connectivity index (χ1) is 9.15. The van der Waals surface area contributed by atoms with E-state index in [9.17, 15) is 5.11 Å². The minimum Gasteiger partial charge on any atom is -0.507 e. The number of likely N-dealkylation sites (tertiary alicyclic amines) is 1. The molecule has 2 heterocycles.